The predicted molar refractivity (Wildman–Crippen MR) is 113 cm³/mol. The van der Waals surface area contributed by atoms with Crippen LogP contribution in [0.25, 0.3) is 11.1 Å². The summed E-state index contributed by atoms with van der Waals surface area (Å²) in [6.07, 6.45) is 0. The Morgan fingerprint density at radius 3 is 2.48 bits per heavy atom. The first kappa shape index (κ1) is 20.7. The molecule has 0 radical (unpaired) electrons. The van der Waals surface area contributed by atoms with Crippen LogP contribution >= 0.6 is 0 Å². The van der Waals surface area contributed by atoms with Gasteiger partial charge in [-0.15, -0.1) is 0 Å². The van der Waals surface area contributed by atoms with E-state index in [4.69, 9.17) is 4.74 Å². The van der Waals surface area contributed by atoms with Crippen molar-refractivity contribution in [2.24, 2.45) is 0 Å². The van der Waals surface area contributed by atoms with E-state index in [0.29, 0.717) is 16.9 Å². The van der Waals surface area contributed by atoms with Crippen molar-refractivity contribution in [3.63, 3.8) is 0 Å². The number of ether oxygens (including phenoxy) is 1. The van der Waals surface area contributed by atoms with Gasteiger partial charge < -0.3 is 15.0 Å². The summed E-state index contributed by atoms with van der Waals surface area (Å²) in [6, 6.07) is 16.2. The first-order valence-electron chi connectivity index (χ1n) is 9.73. The third-order valence-electron chi connectivity index (χ3n) is 4.93. The Hall–Kier alpha value is -3.58. The van der Waals surface area contributed by atoms with Gasteiger partial charge in [-0.2, -0.15) is 0 Å². The van der Waals surface area contributed by atoms with Crippen LogP contribution in [0.2, 0.25) is 0 Å². The SMILES string of the molecule is CC(=O)Nc1cccc(-c2ccc3c(c2)COCC(=O)N3Cc2cc(F)cc(F)c2)c1. The molecule has 0 unspecified atom stereocenters. The minimum Gasteiger partial charge on any atom is -0.367 e. The Morgan fingerprint density at radius 2 is 1.74 bits per heavy atom. The molecule has 3 aromatic rings. The number of carbonyl (C=O) groups excluding carboxylic acids is 2. The van der Waals surface area contributed by atoms with Crippen LogP contribution in [0, 0.1) is 11.6 Å². The summed E-state index contributed by atoms with van der Waals surface area (Å²) in [4.78, 5) is 25.4. The van der Waals surface area contributed by atoms with Crippen LogP contribution in [0.5, 0.6) is 0 Å². The molecule has 2 amide bonds. The first-order chi connectivity index (χ1) is 14.9. The van der Waals surface area contributed by atoms with Gasteiger partial charge in [0.2, 0.25) is 5.91 Å². The van der Waals surface area contributed by atoms with Crippen LogP contribution in [0.3, 0.4) is 0 Å². The second-order valence-electron chi connectivity index (χ2n) is 7.36. The molecule has 4 rings (SSSR count). The van der Waals surface area contributed by atoms with Crippen molar-refractivity contribution in [3.8, 4) is 11.1 Å². The maximum atomic E-state index is 13.6. The number of amides is 2. The lowest BCUT2D eigenvalue weighted by molar-refractivity contribution is -0.123. The van der Waals surface area contributed by atoms with Crippen molar-refractivity contribution >= 4 is 23.2 Å². The minimum absolute atomic E-state index is 0.0290. The highest BCUT2D eigenvalue weighted by Gasteiger charge is 2.24. The highest BCUT2D eigenvalue weighted by molar-refractivity contribution is 5.96. The van der Waals surface area contributed by atoms with Crippen LogP contribution in [-0.4, -0.2) is 18.4 Å². The van der Waals surface area contributed by atoms with Crippen LogP contribution in [-0.2, 0) is 27.5 Å². The van der Waals surface area contributed by atoms with E-state index < -0.39 is 11.6 Å². The summed E-state index contributed by atoms with van der Waals surface area (Å²) in [5.41, 5.74) is 4.23. The van der Waals surface area contributed by atoms with Gasteiger partial charge in [-0.25, -0.2) is 8.78 Å². The molecule has 0 bridgehead atoms. The highest BCUT2D eigenvalue weighted by atomic mass is 19.1. The van der Waals surface area contributed by atoms with Crippen molar-refractivity contribution in [3.05, 3.63) is 83.4 Å². The summed E-state index contributed by atoms with van der Waals surface area (Å²) in [7, 11) is 0. The van der Waals surface area contributed by atoms with Gasteiger partial charge in [0.05, 0.1) is 13.2 Å². The molecule has 1 N–H and O–H groups in total. The molecule has 0 atom stereocenters. The fourth-order valence-electron chi connectivity index (χ4n) is 3.64. The van der Waals surface area contributed by atoms with Gasteiger partial charge in [0.1, 0.15) is 18.2 Å². The van der Waals surface area contributed by atoms with Crippen molar-refractivity contribution in [1.82, 2.24) is 0 Å². The third kappa shape index (κ3) is 4.78. The molecule has 1 aliphatic heterocycles. The van der Waals surface area contributed by atoms with Gasteiger partial charge in [0.25, 0.3) is 5.91 Å². The van der Waals surface area contributed by atoms with E-state index in [1.807, 2.05) is 30.3 Å². The zero-order valence-electron chi connectivity index (χ0n) is 16.8. The molecule has 31 heavy (non-hydrogen) atoms. The molecular formula is C24H20F2N2O3. The normalized spacial score (nSPS) is 13.5. The number of benzene rings is 3. The lowest BCUT2D eigenvalue weighted by Crippen LogP contribution is -2.32. The molecule has 0 fully saturated rings. The lowest BCUT2D eigenvalue weighted by atomic mass is 10.0. The van der Waals surface area contributed by atoms with E-state index in [9.17, 15) is 18.4 Å². The van der Waals surface area contributed by atoms with Gasteiger partial charge in [-0.3, -0.25) is 9.59 Å². The quantitative estimate of drug-likeness (QED) is 0.666. The zero-order chi connectivity index (χ0) is 22.0. The number of nitrogens with zero attached hydrogens (tertiary/aromatic N) is 1. The van der Waals surface area contributed by atoms with Crippen molar-refractivity contribution in [2.45, 2.75) is 20.1 Å². The third-order valence-corrected chi connectivity index (χ3v) is 4.93. The lowest BCUT2D eigenvalue weighted by Gasteiger charge is -2.23. The standard InChI is InChI=1S/C24H20F2N2O3/c1-15(29)27-22-4-2-3-17(10-22)18-5-6-23-19(9-18)13-31-14-24(30)28(23)12-16-7-20(25)11-21(26)8-16/h2-11H,12-14H2,1H3,(H,27,29). The number of halogens is 2. The average Bonchev–Trinajstić information content (AvgIpc) is 2.85. The summed E-state index contributed by atoms with van der Waals surface area (Å²) in [5, 5.41) is 2.76. The molecule has 0 aliphatic carbocycles. The number of fused-ring (bicyclic) bond motifs is 1. The summed E-state index contributed by atoms with van der Waals surface area (Å²) in [6.45, 7) is 1.58. The molecular weight excluding hydrogens is 402 g/mol. The zero-order valence-corrected chi connectivity index (χ0v) is 16.8. The number of anilines is 2. The Bertz CT molecular complexity index is 1140. The van der Waals surface area contributed by atoms with Gasteiger partial charge in [0.15, 0.2) is 0 Å². The van der Waals surface area contributed by atoms with Crippen molar-refractivity contribution < 1.29 is 23.1 Å². The molecule has 3 aromatic carbocycles. The average molecular weight is 422 g/mol. The monoisotopic (exact) mass is 422 g/mol. The molecule has 5 nitrogen and oxygen atoms in total. The van der Waals surface area contributed by atoms with Gasteiger partial charge in [-0.05, 0) is 53.1 Å². The topological polar surface area (TPSA) is 58.6 Å². The van der Waals surface area contributed by atoms with Crippen LogP contribution in [0.1, 0.15) is 18.1 Å². The van der Waals surface area contributed by atoms with E-state index in [1.165, 1.54) is 24.0 Å². The van der Waals surface area contributed by atoms with E-state index in [0.717, 1.165) is 22.8 Å². The van der Waals surface area contributed by atoms with Crippen LogP contribution in [0.15, 0.2) is 60.7 Å². The fourth-order valence-corrected chi connectivity index (χ4v) is 3.64. The van der Waals surface area contributed by atoms with Crippen LogP contribution in [0.4, 0.5) is 20.2 Å². The second kappa shape index (κ2) is 8.65. The number of hydrogen-bond acceptors (Lipinski definition) is 3. The molecule has 0 saturated heterocycles. The van der Waals surface area contributed by atoms with Gasteiger partial charge in [-0.1, -0.05) is 18.2 Å². The fraction of sp³-hybridized carbons (Fsp3) is 0.167. The number of hydrogen-bond donors (Lipinski definition) is 1. The summed E-state index contributed by atoms with van der Waals surface area (Å²) >= 11 is 0. The molecule has 158 valence electrons. The summed E-state index contributed by atoms with van der Waals surface area (Å²) in [5.74, 6) is -1.83. The molecule has 1 aliphatic rings. The Kier molecular flexibility index (Phi) is 5.77. The van der Waals surface area contributed by atoms with E-state index in [-0.39, 0.29) is 31.6 Å². The molecule has 7 heteroatoms. The Morgan fingerprint density at radius 1 is 1.00 bits per heavy atom. The van der Waals surface area contributed by atoms with Gasteiger partial charge in [0, 0.05) is 29.9 Å². The van der Waals surface area contributed by atoms with E-state index in [2.05, 4.69) is 5.32 Å². The molecule has 0 spiro atoms. The minimum atomic E-state index is -0.692. The summed E-state index contributed by atoms with van der Waals surface area (Å²) < 4.78 is 32.7. The first-order valence-corrected chi connectivity index (χ1v) is 9.73. The van der Waals surface area contributed by atoms with Crippen molar-refractivity contribution in [2.75, 3.05) is 16.8 Å². The largest absolute Gasteiger partial charge is 0.367 e. The Labute approximate surface area is 178 Å². The number of nitrogens with one attached hydrogen (secondary N) is 1. The molecule has 1 heterocycles. The molecule has 0 saturated carbocycles. The predicted octanol–water partition coefficient (Wildman–Crippen LogP) is 4.65. The van der Waals surface area contributed by atoms with E-state index in [1.54, 1.807) is 12.1 Å². The maximum Gasteiger partial charge on any atom is 0.253 e. The number of carbonyl (C=O) groups is 2. The Balaban J connectivity index is 1.68. The van der Waals surface area contributed by atoms with Gasteiger partial charge >= 0.3 is 0 Å². The van der Waals surface area contributed by atoms with Crippen molar-refractivity contribution in [1.29, 1.82) is 0 Å². The molecule has 0 aromatic heterocycles. The number of rotatable bonds is 4. The maximum absolute atomic E-state index is 13.6. The van der Waals surface area contributed by atoms with Crippen LogP contribution < -0.4 is 10.2 Å². The second-order valence-corrected chi connectivity index (χ2v) is 7.36. The van der Waals surface area contributed by atoms with E-state index >= 15 is 0 Å². The smallest absolute Gasteiger partial charge is 0.253 e. The highest BCUT2D eigenvalue weighted by Crippen LogP contribution is 2.32.